The molecule has 3 nitrogen and oxygen atoms in total. The summed E-state index contributed by atoms with van der Waals surface area (Å²) in [7, 11) is 0. The highest BCUT2D eigenvalue weighted by molar-refractivity contribution is 6.20. The van der Waals surface area contributed by atoms with Crippen LogP contribution < -0.4 is 4.74 Å². The van der Waals surface area contributed by atoms with E-state index in [1.807, 2.05) is 6.07 Å². The van der Waals surface area contributed by atoms with Crippen molar-refractivity contribution in [2.24, 2.45) is 0 Å². The second kappa shape index (κ2) is 2.92. The van der Waals surface area contributed by atoms with Crippen molar-refractivity contribution in [1.82, 2.24) is 0 Å². The van der Waals surface area contributed by atoms with Crippen LogP contribution in [0, 0.1) is 0 Å². The Bertz CT molecular complexity index is 362. The summed E-state index contributed by atoms with van der Waals surface area (Å²) in [6.45, 7) is 0. The molecule has 0 aromatic heterocycles. The monoisotopic (exact) mass is 198 g/mol. The maximum Gasteiger partial charge on any atom is 0.339 e. The summed E-state index contributed by atoms with van der Waals surface area (Å²) in [5.41, 5.74) is 0.607. The number of benzene rings is 1. The van der Waals surface area contributed by atoms with Crippen LogP contribution in [0.4, 0.5) is 0 Å². The fourth-order valence-corrected chi connectivity index (χ4v) is 1.65. The zero-order chi connectivity index (χ0) is 9.42. The first-order chi connectivity index (χ1) is 6.18. The van der Waals surface area contributed by atoms with Gasteiger partial charge in [0.05, 0.1) is 0 Å². The molecule has 0 saturated heterocycles. The predicted molar refractivity (Wildman–Crippen MR) is 47.4 cm³/mol. The van der Waals surface area contributed by atoms with E-state index in [1.54, 1.807) is 6.07 Å². The van der Waals surface area contributed by atoms with Crippen molar-refractivity contribution in [3.8, 4) is 5.75 Å². The zero-order valence-electron chi connectivity index (χ0n) is 6.66. The van der Waals surface area contributed by atoms with Gasteiger partial charge in [0.15, 0.2) is 5.56 Å². The third-order valence-corrected chi connectivity index (χ3v) is 2.20. The molecule has 0 unspecified atom stereocenters. The van der Waals surface area contributed by atoms with Gasteiger partial charge in [-0.05, 0) is 6.07 Å². The van der Waals surface area contributed by atoms with Crippen molar-refractivity contribution in [3.05, 3.63) is 29.3 Å². The van der Waals surface area contributed by atoms with Gasteiger partial charge in [-0.25, -0.2) is 4.79 Å². The minimum atomic E-state index is -0.984. The van der Waals surface area contributed by atoms with Crippen LogP contribution >= 0.6 is 11.6 Å². The van der Waals surface area contributed by atoms with Gasteiger partial charge in [0.25, 0.3) is 0 Å². The molecular formula is C9H7ClO3. The highest BCUT2D eigenvalue weighted by atomic mass is 35.5. The lowest BCUT2D eigenvalue weighted by molar-refractivity contribution is 0.0693. The van der Waals surface area contributed by atoms with Gasteiger partial charge in [0.2, 0.25) is 0 Å². The Labute approximate surface area is 79.9 Å². The summed E-state index contributed by atoms with van der Waals surface area (Å²) < 4.78 is 5.18. The predicted octanol–water partition coefficient (Wildman–Crippen LogP) is 1.88. The van der Waals surface area contributed by atoms with E-state index in [1.165, 1.54) is 6.07 Å². The second-order valence-corrected chi connectivity index (χ2v) is 3.32. The Hall–Kier alpha value is -1.22. The number of hydrogen-bond donors (Lipinski definition) is 1. The number of hydrogen-bond acceptors (Lipinski definition) is 2. The van der Waals surface area contributed by atoms with Gasteiger partial charge in [-0.2, -0.15) is 0 Å². The summed E-state index contributed by atoms with van der Waals surface area (Å²) in [4.78, 5) is 10.7. The number of para-hydroxylation sites is 1. The first kappa shape index (κ1) is 8.38. The molecule has 1 aromatic rings. The first-order valence-corrected chi connectivity index (χ1v) is 4.28. The van der Waals surface area contributed by atoms with Crippen LogP contribution in [0.15, 0.2) is 18.2 Å². The minimum absolute atomic E-state index is 0.181. The average molecular weight is 199 g/mol. The van der Waals surface area contributed by atoms with Crippen molar-refractivity contribution in [3.63, 3.8) is 0 Å². The summed E-state index contributed by atoms with van der Waals surface area (Å²) in [5, 5.41) is 8.81. The molecule has 0 bridgehead atoms. The number of fused-ring (bicyclic) bond motifs is 1. The molecular weight excluding hydrogens is 192 g/mol. The molecule has 4 heteroatoms. The quantitative estimate of drug-likeness (QED) is 0.701. The third-order valence-electron chi connectivity index (χ3n) is 1.95. The molecule has 2 rings (SSSR count). The number of halogens is 1. The molecule has 0 aliphatic carbocycles. The molecule has 1 heterocycles. The molecule has 1 aliphatic heterocycles. The number of aromatic carboxylic acids is 1. The molecule has 1 aliphatic rings. The van der Waals surface area contributed by atoms with Gasteiger partial charge in [0.1, 0.15) is 11.3 Å². The molecule has 68 valence electrons. The van der Waals surface area contributed by atoms with Crippen LogP contribution in [0.5, 0.6) is 5.75 Å². The van der Waals surface area contributed by atoms with Gasteiger partial charge in [-0.15, -0.1) is 0 Å². The van der Waals surface area contributed by atoms with Gasteiger partial charge < -0.3 is 9.84 Å². The largest absolute Gasteiger partial charge is 0.478 e. The van der Waals surface area contributed by atoms with E-state index < -0.39 is 11.5 Å². The van der Waals surface area contributed by atoms with E-state index >= 15 is 0 Å². The Kier molecular flexibility index (Phi) is 1.88. The Morgan fingerprint density at radius 3 is 3.08 bits per heavy atom. The number of rotatable bonds is 1. The van der Waals surface area contributed by atoms with E-state index in [9.17, 15) is 4.79 Å². The van der Waals surface area contributed by atoms with Gasteiger partial charge in [0, 0.05) is 12.0 Å². The lowest BCUT2D eigenvalue weighted by Gasteiger charge is -2.03. The Morgan fingerprint density at radius 2 is 2.38 bits per heavy atom. The molecule has 0 amide bonds. The summed E-state index contributed by atoms with van der Waals surface area (Å²) in [5.74, 6) is -0.572. The number of carbonyl (C=O) groups is 1. The topological polar surface area (TPSA) is 46.5 Å². The maximum absolute atomic E-state index is 10.7. The lowest BCUT2D eigenvalue weighted by Crippen LogP contribution is -2.04. The van der Waals surface area contributed by atoms with Gasteiger partial charge in [-0.3, -0.25) is 0 Å². The third kappa shape index (κ3) is 1.35. The Morgan fingerprint density at radius 1 is 1.62 bits per heavy atom. The van der Waals surface area contributed by atoms with Gasteiger partial charge >= 0.3 is 5.97 Å². The van der Waals surface area contributed by atoms with E-state index in [-0.39, 0.29) is 5.56 Å². The number of carboxylic acid groups (broad SMARTS) is 1. The molecule has 0 spiro atoms. The lowest BCUT2D eigenvalue weighted by atomic mass is 10.1. The van der Waals surface area contributed by atoms with Crippen LogP contribution in [0.3, 0.4) is 0 Å². The summed E-state index contributed by atoms with van der Waals surface area (Å²) in [6.07, 6.45) is 0.567. The fraction of sp³-hybridized carbons (Fsp3) is 0.222. The number of carboxylic acids is 1. The summed E-state index contributed by atoms with van der Waals surface area (Å²) in [6, 6.07) is 5.03. The number of ether oxygens (including phenoxy) is 1. The SMILES string of the molecule is O=C(O)c1cccc2c1O[C@@H](Cl)C2. The van der Waals surface area contributed by atoms with Crippen LogP contribution in [-0.2, 0) is 6.42 Å². The second-order valence-electron chi connectivity index (χ2n) is 2.83. The van der Waals surface area contributed by atoms with Gasteiger partial charge in [-0.1, -0.05) is 23.7 Å². The normalized spacial score (nSPS) is 19.3. The van der Waals surface area contributed by atoms with Crippen molar-refractivity contribution in [2.45, 2.75) is 12.0 Å². The van der Waals surface area contributed by atoms with Crippen LogP contribution in [0.2, 0.25) is 0 Å². The molecule has 0 radical (unpaired) electrons. The van der Waals surface area contributed by atoms with Crippen molar-refractivity contribution < 1.29 is 14.6 Å². The maximum atomic E-state index is 10.7. The van der Waals surface area contributed by atoms with Crippen LogP contribution in [0.25, 0.3) is 0 Å². The Balaban J connectivity index is 2.51. The van der Waals surface area contributed by atoms with E-state index in [0.717, 1.165) is 5.56 Å². The van der Waals surface area contributed by atoms with E-state index in [2.05, 4.69) is 0 Å². The molecule has 1 atom stereocenters. The first-order valence-electron chi connectivity index (χ1n) is 3.84. The van der Waals surface area contributed by atoms with Crippen molar-refractivity contribution in [2.75, 3.05) is 0 Å². The molecule has 1 aromatic carbocycles. The molecule has 13 heavy (non-hydrogen) atoms. The van der Waals surface area contributed by atoms with Crippen molar-refractivity contribution in [1.29, 1.82) is 0 Å². The van der Waals surface area contributed by atoms with Crippen molar-refractivity contribution >= 4 is 17.6 Å². The molecule has 1 N–H and O–H groups in total. The number of alkyl halides is 1. The van der Waals surface area contributed by atoms with E-state index in [0.29, 0.717) is 12.2 Å². The molecule has 0 saturated carbocycles. The van der Waals surface area contributed by atoms with Crippen LogP contribution in [0.1, 0.15) is 15.9 Å². The highest BCUT2D eigenvalue weighted by Crippen LogP contribution is 2.33. The smallest absolute Gasteiger partial charge is 0.339 e. The highest BCUT2D eigenvalue weighted by Gasteiger charge is 2.25. The summed E-state index contributed by atoms with van der Waals surface area (Å²) >= 11 is 5.74. The van der Waals surface area contributed by atoms with E-state index in [4.69, 9.17) is 21.4 Å². The average Bonchev–Trinajstić information content (AvgIpc) is 2.43. The standard InChI is InChI=1S/C9H7ClO3/c10-7-4-5-2-1-3-6(9(11)12)8(5)13-7/h1-3,7H,4H2,(H,11,12)/t7-/m1/s1. The van der Waals surface area contributed by atoms with Crippen LogP contribution in [-0.4, -0.2) is 16.6 Å². The molecule has 0 fully saturated rings. The fourth-order valence-electron chi connectivity index (χ4n) is 1.40. The zero-order valence-corrected chi connectivity index (χ0v) is 7.41. The minimum Gasteiger partial charge on any atom is -0.478 e.